The molecule has 160 valence electrons. The zero-order valence-corrected chi connectivity index (χ0v) is 18.2. The summed E-state index contributed by atoms with van der Waals surface area (Å²) >= 11 is 6.02. The largest absolute Gasteiger partial charge is 0.351 e. The van der Waals surface area contributed by atoms with Gasteiger partial charge >= 0.3 is 0 Å². The summed E-state index contributed by atoms with van der Waals surface area (Å²) in [4.78, 5) is 33.0. The number of benzene rings is 2. The van der Waals surface area contributed by atoms with Gasteiger partial charge in [-0.05, 0) is 61.8 Å². The fourth-order valence-electron chi connectivity index (χ4n) is 5.23. The molecule has 1 spiro atoms. The normalized spacial score (nSPS) is 20.1. The van der Waals surface area contributed by atoms with E-state index in [1.54, 1.807) is 17.0 Å². The number of hydrogen-bond acceptors (Lipinski definition) is 3. The summed E-state index contributed by atoms with van der Waals surface area (Å²) in [5.41, 5.74) is 3.19. The van der Waals surface area contributed by atoms with Crippen molar-refractivity contribution in [2.75, 3.05) is 6.54 Å². The van der Waals surface area contributed by atoms with Gasteiger partial charge in [0, 0.05) is 16.6 Å². The Morgan fingerprint density at radius 3 is 2.32 bits per heavy atom. The van der Waals surface area contributed by atoms with Crippen LogP contribution >= 0.6 is 11.6 Å². The minimum absolute atomic E-state index is 0.0479. The lowest BCUT2D eigenvalue weighted by molar-refractivity contribution is -0.136. The fraction of sp³-hybridized carbons (Fsp3) is 0.400. The molecule has 31 heavy (non-hydrogen) atoms. The molecule has 2 aromatic carbocycles. The third-order valence-electron chi connectivity index (χ3n) is 6.76. The minimum Gasteiger partial charge on any atom is -0.351 e. The Hall–Kier alpha value is -2.66. The second-order valence-electron chi connectivity index (χ2n) is 8.84. The Bertz CT molecular complexity index is 1020. The van der Waals surface area contributed by atoms with Crippen LogP contribution in [-0.4, -0.2) is 40.7 Å². The van der Waals surface area contributed by atoms with Crippen molar-refractivity contribution >= 4 is 29.1 Å². The maximum Gasteiger partial charge on any atom is 0.275 e. The maximum absolute atomic E-state index is 13.4. The van der Waals surface area contributed by atoms with Crippen molar-refractivity contribution in [3.63, 3.8) is 0 Å². The van der Waals surface area contributed by atoms with E-state index in [4.69, 9.17) is 16.6 Å². The Kier molecular flexibility index (Phi) is 5.30. The number of aliphatic imine (C=N–C) groups is 1. The van der Waals surface area contributed by atoms with Gasteiger partial charge in [0.15, 0.2) is 0 Å². The van der Waals surface area contributed by atoms with E-state index in [1.165, 1.54) is 11.1 Å². The molecule has 1 N–H and O–H groups in total. The quantitative estimate of drug-likeness (QED) is 0.791. The monoisotopic (exact) mass is 435 g/mol. The lowest BCUT2D eigenvalue weighted by Gasteiger charge is -2.39. The van der Waals surface area contributed by atoms with Gasteiger partial charge in [0.1, 0.15) is 17.9 Å². The lowest BCUT2D eigenvalue weighted by atomic mass is 9.88. The molecule has 1 heterocycles. The number of nitrogens with zero attached hydrogens (tertiary/aromatic N) is 2. The van der Waals surface area contributed by atoms with Crippen LogP contribution in [0, 0.1) is 0 Å². The first kappa shape index (κ1) is 20.3. The lowest BCUT2D eigenvalue weighted by Crippen LogP contribution is -2.53. The molecule has 1 fully saturated rings. The van der Waals surface area contributed by atoms with Gasteiger partial charge in [0.05, 0.1) is 0 Å². The van der Waals surface area contributed by atoms with Gasteiger partial charge in [-0.15, -0.1) is 0 Å². The highest BCUT2D eigenvalue weighted by atomic mass is 35.5. The van der Waals surface area contributed by atoms with E-state index < -0.39 is 5.66 Å². The summed E-state index contributed by atoms with van der Waals surface area (Å²) in [7, 11) is 0. The molecule has 2 aliphatic carbocycles. The highest BCUT2D eigenvalue weighted by Gasteiger charge is 2.48. The van der Waals surface area contributed by atoms with Crippen LogP contribution in [0.3, 0.4) is 0 Å². The molecule has 0 unspecified atom stereocenters. The van der Waals surface area contributed by atoms with Crippen LogP contribution in [0.4, 0.5) is 0 Å². The first-order valence-corrected chi connectivity index (χ1v) is 11.5. The molecule has 1 aliphatic heterocycles. The van der Waals surface area contributed by atoms with Gasteiger partial charge in [-0.3, -0.25) is 14.6 Å². The van der Waals surface area contributed by atoms with Crippen LogP contribution in [0.1, 0.15) is 48.8 Å². The van der Waals surface area contributed by atoms with E-state index in [0.29, 0.717) is 10.7 Å². The molecule has 6 heteroatoms. The Labute approximate surface area is 187 Å². The van der Waals surface area contributed by atoms with Crippen molar-refractivity contribution in [1.29, 1.82) is 0 Å². The number of hydrogen-bond donors (Lipinski definition) is 1. The third kappa shape index (κ3) is 3.87. The van der Waals surface area contributed by atoms with Crippen molar-refractivity contribution in [2.24, 2.45) is 4.99 Å². The number of amides is 2. The maximum atomic E-state index is 13.4. The Morgan fingerprint density at radius 2 is 1.68 bits per heavy atom. The van der Waals surface area contributed by atoms with E-state index in [1.807, 2.05) is 24.3 Å². The molecule has 0 bridgehead atoms. The first-order valence-electron chi connectivity index (χ1n) is 11.1. The van der Waals surface area contributed by atoms with Crippen LogP contribution in [-0.2, 0) is 22.4 Å². The summed E-state index contributed by atoms with van der Waals surface area (Å²) in [6.07, 6.45) is 6.46. The number of nitrogens with one attached hydrogen (secondary N) is 1. The third-order valence-corrected chi connectivity index (χ3v) is 7.01. The predicted octanol–water partition coefficient (Wildman–Crippen LogP) is 3.92. The minimum atomic E-state index is -0.597. The van der Waals surface area contributed by atoms with Gasteiger partial charge in [0.2, 0.25) is 5.91 Å². The SMILES string of the molecule is O=C(CN1C(=O)C(c2ccc(Cl)cc2)=NC12CCCCC2)NC1Cc2ccccc2C1. The summed E-state index contributed by atoms with van der Waals surface area (Å²) in [5, 5.41) is 3.78. The van der Waals surface area contributed by atoms with Gasteiger partial charge in [0.25, 0.3) is 5.91 Å². The molecule has 1 saturated carbocycles. The molecular formula is C25H26ClN3O2. The molecule has 0 atom stereocenters. The zero-order valence-electron chi connectivity index (χ0n) is 17.4. The van der Waals surface area contributed by atoms with Crippen molar-refractivity contribution in [1.82, 2.24) is 10.2 Å². The molecule has 0 radical (unpaired) electrons. The van der Waals surface area contributed by atoms with E-state index in [-0.39, 0.29) is 24.4 Å². The average Bonchev–Trinajstić information content (AvgIpc) is 3.29. The van der Waals surface area contributed by atoms with Gasteiger partial charge in [-0.25, -0.2) is 0 Å². The second-order valence-corrected chi connectivity index (χ2v) is 9.28. The number of rotatable bonds is 4. The summed E-state index contributed by atoms with van der Waals surface area (Å²) in [6, 6.07) is 15.6. The number of halogens is 1. The Morgan fingerprint density at radius 1 is 1.03 bits per heavy atom. The molecule has 5 rings (SSSR count). The molecule has 0 aromatic heterocycles. The molecule has 3 aliphatic rings. The summed E-state index contributed by atoms with van der Waals surface area (Å²) in [6.45, 7) is 0.0479. The molecule has 2 aromatic rings. The standard InChI is InChI=1S/C25H26ClN3O2/c26-20-10-8-17(9-11-20)23-24(31)29(25(28-23)12-4-1-5-13-25)16-22(30)27-21-14-18-6-2-3-7-19(18)15-21/h2-3,6-11,21H,1,4-5,12-16H2,(H,27,30). The first-order chi connectivity index (χ1) is 15.0. The van der Waals surface area contributed by atoms with Crippen molar-refractivity contribution < 1.29 is 9.59 Å². The van der Waals surface area contributed by atoms with Crippen molar-refractivity contribution in [2.45, 2.75) is 56.7 Å². The Balaban J connectivity index is 1.33. The number of carbonyl (C=O) groups is 2. The van der Waals surface area contributed by atoms with Crippen LogP contribution in [0.15, 0.2) is 53.5 Å². The molecular weight excluding hydrogens is 410 g/mol. The zero-order chi connectivity index (χ0) is 21.4. The molecule has 0 saturated heterocycles. The van der Waals surface area contributed by atoms with Crippen molar-refractivity contribution in [3.05, 3.63) is 70.2 Å². The summed E-state index contributed by atoms with van der Waals surface area (Å²) in [5.74, 6) is -0.266. The van der Waals surface area contributed by atoms with Crippen LogP contribution in [0.25, 0.3) is 0 Å². The number of carbonyl (C=O) groups excluding carboxylic acids is 2. The van der Waals surface area contributed by atoms with Crippen LogP contribution < -0.4 is 5.32 Å². The average molecular weight is 436 g/mol. The smallest absolute Gasteiger partial charge is 0.275 e. The fourth-order valence-corrected chi connectivity index (χ4v) is 5.35. The van der Waals surface area contributed by atoms with Gasteiger partial charge in [-0.1, -0.05) is 54.4 Å². The highest BCUT2D eigenvalue weighted by molar-refractivity contribution is 6.47. The van der Waals surface area contributed by atoms with Gasteiger partial charge in [-0.2, -0.15) is 0 Å². The number of fused-ring (bicyclic) bond motifs is 1. The molecule has 2 amide bonds. The van der Waals surface area contributed by atoms with E-state index in [9.17, 15) is 9.59 Å². The molecule has 5 nitrogen and oxygen atoms in total. The predicted molar refractivity (Wildman–Crippen MR) is 121 cm³/mol. The second kappa shape index (κ2) is 8.12. The van der Waals surface area contributed by atoms with E-state index >= 15 is 0 Å². The van der Waals surface area contributed by atoms with Crippen molar-refractivity contribution in [3.8, 4) is 0 Å². The topological polar surface area (TPSA) is 61.8 Å². The van der Waals surface area contributed by atoms with Gasteiger partial charge < -0.3 is 10.2 Å². The summed E-state index contributed by atoms with van der Waals surface area (Å²) < 4.78 is 0. The highest BCUT2D eigenvalue weighted by Crippen LogP contribution is 2.39. The van der Waals surface area contributed by atoms with E-state index in [2.05, 4.69) is 17.4 Å². The van der Waals surface area contributed by atoms with Crippen LogP contribution in [0.5, 0.6) is 0 Å². The van der Waals surface area contributed by atoms with E-state index in [0.717, 1.165) is 50.5 Å². The van der Waals surface area contributed by atoms with Crippen LogP contribution in [0.2, 0.25) is 5.02 Å².